The van der Waals surface area contributed by atoms with E-state index < -0.39 is 0 Å². The van der Waals surface area contributed by atoms with Crippen molar-refractivity contribution in [3.63, 3.8) is 0 Å². The van der Waals surface area contributed by atoms with Gasteiger partial charge in [-0.25, -0.2) is 0 Å². The minimum Gasteiger partial charge on any atom is -0.313 e. The van der Waals surface area contributed by atoms with E-state index in [-0.39, 0.29) is 0 Å². The van der Waals surface area contributed by atoms with Crippen molar-refractivity contribution in [3.05, 3.63) is 64.9 Å². The average molecular weight is 270 g/mol. The molecular formula is C16H12ClNO. The number of halogens is 1. The van der Waals surface area contributed by atoms with E-state index in [2.05, 4.69) is 0 Å². The number of fused-ring (bicyclic) bond motifs is 1. The Morgan fingerprint density at radius 2 is 1.89 bits per heavy atom. The molecule has 0 radical (unpaired) electrons. The van der Waals surface area contributed by atoms with Crippen molar-refractivity contribution in [2.45, 2.75) is 6.92 Å². The lowest BCUT2D eigenvalue weighted by atomic mass is 10.1. The van der Waals surface area contributed by atoms with E-state index >= 15 is 0 Å². The molecule has 0 unspecified atom stereocenters. The third kappa shape index (κ3) is 1.85. The summed E-state index contributed by atoms with van der Waals surface area (Å²) < 4.78 is 1.90. The summed E-state index contributed by atoms with van der Waals surface area (Å²) in [4.78, 5) is 11.4. The van der Waals surface area contributed by atoms with Crippen LogP contribution in [0.2, 0.25) is 5.02 Å². The number of aryl methyl sites for hydroxylation is 1. The first-order valence-electron chi connectivity index (χ1n) is 6.03. The summed E-state index contributed by atoms with van der Waals surface area (Å²) in [7, 11) is 0. The standard InChI is InChI=1S/C16H12ClNO/c1-11-5-4-8-18-15(11)9-13(16(18)10-19)12-6-2-3-7-14(12)17/h2-10H,1H3. The van der Waals surface area contributed by atoms with Crippen LogP contribution in [0.4, 0.5) is 0 Å². The van der Waals surface area contributed by atoms with Gasteiger partial charge in [0.2, 0.25) is 0 Å². The molecule has 3 aromatic rings. The summed E-state index contributed by atoms with van der Waals surface area (Å²) in [6.07, 6.45) is 2.78. The molecule has 0 aliphatic rings. The smallest absolute Gasteiger partial charge is 0.167 e. The molecule has 3 heteroatoms. The molecule has 0 fully saturated rings. The maximum Gasteiger partial charge on any atom is 0.167 e. The van der Waals surface area contributed by atoms with Gasteiger partial charge < -0.3 is 4.40 Å². The Morgan fingerprint density at radius 1 is 1.11 bits per heavy atom. The van der Waals surface area contributed by atoms with Crippen molar-refractivity contribution >= 4 is 23.4 Å². The highest BCUT2D eigenvalue weighted by molar-refractivity contribution is 6.33. The number of pyridine rings is 1. The fourth-order valence-electron chi connectivity index (χ4n) is 2.38. The molecular weight excluding hydrogens is 258 g/mol. The minimum atomic E-state index is 0.631. The van der Waals surface area contributed by atoms with E-state index in [1.165, 1.54) is 0 Å². The molecule has 2 heterocycles. The topological polar surface area (TPSA) is 21.5 Å². The predicted octanol–water partition coefficient (Wildman–Crippen LogP) is 4.38. The first-order chi connectivity index (χ1) is 9.22. The van der Waals surface area contributed by atoms with Crippen molar-refractivity contribution < 1.29 is 4.79 Å². The minimum absolute atomic E-state index is 0.631. The molecule has 3 rings (SSSR count). The van der Waals surface area contributed by atoms with Crippen LogP contribution in [-0.4, -0.2) is 10.7 Å². The third-order valence-electron chi connectivity index (χ3n) is 3.34. The number of rotatable bonds is 2. The van der Waals surface area contributed by atoms with Gasteiger partial charge in [-0.05, 0) is 30.7 Å². The molecule has 0 saturated carbocycles. The number of hydrogen-bond donors (Lipinski definition) is 0. The van der Waals surface area contributed by atoms with Gasteiger partial charge in [0.15, 0.2) is 6.29 Å². The number of aldehydes is 1. The van der Waals surface area contributed by atoms with Gasteiger partial charge in [0, 0.05) is 27.9 Å². The van der Waals surface area contributed by atoms with Gasteiger partial charge >= 0.3 is 0 Å². The molecule has 0 aliphatic carbocycles. The van der Waals surface area contributed by atoms with Gasteiger partial charge in [-0.3, -0.25) is 4.79 Å². The van der Waals surface area contributed by atoms with Crippen LogP contribution < -0.4 is 0 Å². The van der Waals surface area contributed by atoms with Crippen LogP contribution in [0, 0.1) is 6.92 Å². The zero-order chi connectivity index (χ0) is 13.4. The summed E-state index contributed by atoms with van der Waals surface area (Å²) >= 11 is 6.23. The highest BCUT2D eigenvalue weighted by Crippen LogP contribution is 2.32. The lowest BCUT2D eigenvalue weighted by molar-refractivity contribution is 0.111. The third-order valence-corrected chi connectivity index (χ3v) is 3.67. The molecule has 0 aliphatic heterocycles. The van der Waals surface area contributed by atoms with Crippen molar-refractivity contribution in [1.82, 2.24) is 4.40 Å². The zero-order valence-corrected chi connectivity index (χ0v) is 11.2. The van der Waals surface area contributed by atoms with Crippen LogP contribution in [0.25, 0.3) is 16.6 Å². The SMILES string of the molecule is Cc1cccn2c(C=O)c(-c3ccccc3Cl)cc12. The van der Waals surface area contributed by atoms with Crippen LogP contribution in [0.15, 0.2) is 48.7 Å². The summed E-state index contributed by atoms with van der Waals surface area (Å²) in [6, 6.07) is 13.5. The number of nitrogens with zero attached hydrogens (tertiary/aromatic N) is 1. The van der Waals surface area contributed by atoms with Crippen LogP contribution in [0.5, 0.6) is 0 Å². The van der Waals surface area contributed by atoms with Crippen molar-refractivity contribution in [2.24, 2.45) is 0 Å². The summed E-state index contributed by atoms with van der Waals surface area (Å²) in [5, 5.41) is 0.652. The molecule has 0 saturated heterocycles. The Bertz CT molecular complexity index is 774. The molecule has 0 N–H and O–H groups in total. The number of hydrogen-bond acceptors (Lipinski definition) is 1. The monoisotopic (exact) mass is 269 g/mol. The van der Waals surface area contributed by atoms with Crippen molar-refractivity contribution in [2.75, 3.05) is 0 Å². The lowest BCUT2D eigenvalue weighted by Crippen LogP contribution is -1.93. The molecule has 1 aromatic carbocycles. The van der Waals surface area contributed by atoms with Gasteiger partial charge in [-0.1, -0.05) is 35.9 Å². The summed E-state index contributed by atoms with van der Waals surface area (Å²) in [5.74, 6) is 0. The molecule has 19 heavy (non-hydrogen) atoms. The Balaban J connectivity index is 2.39. The Kier molecular flexibility index (Phi) is 2.88. The normalized spacial score (nSPS) is 10.8. The van der Waals surface area contributed by atoms with Gasteiger partial charge in [-0.15, -0.1) is 0 Å². The quantitative estimate of drug-likeness (QED) is 0.633. The van der Waals surface area contributed by atoms with E-state index in [1.54, 1.807) is 0 Å². The van der Waals surface area contributed by atoms with Gasteiger partial charge in [0.1, 0.15) is 0 Å². The van der Waals surface area contributed by atoms with Crippen molar-refractivity contribution in [3.8, 4) is 11.1 Å². The maximum atomic E-state index is 11.4. The average Bonchev–Trinajstić information content (AvgIpc) is 2.79. The van der Waals surface area contributed by atoms with Crippen molar-refractivity contribution in [1.29, 1.82) is 0 Å². The molecule has 0 bridgehead atoms. The second-order valence-corrected chi connectivity index (χ2v) is 4.89. The van der Waals surface area contributed by atoms with E-state index in [4.69, 9.17) is 11.6 Å². The Hall–Kier alpha value is -2.06. The summed E-state index contributed by atoms with van der Waals surface area (Å²) in [6.45, 7) is 2.03. The number of benzene rings is 1. The largest absolute Gasteiger partial charge is 0.313 e. The second-order valence-electron chi connectivity index (χ2n) is 4.49. The highest BCUT2D eigenvalue weighted by Gasteiger charge is 2.14. The molecule has 0 atom stereocenters. The molecule has 0 amide bonds. The van der Waals surface area contributed by atoms with E-state index in [9.17, 15) is 4.79 Å². The molecule has 2 nitrogen and oxygen atoms in total. The second kappa shape index (κ2) is 4.56. The van der Waals surface area contributed by atoms with Gasteiger partial charge in [-0.2, -0.15) is 0 Å². The molecule has 0 spiro atoms. The lowest BCUT2D eigenvalue weighted by Gasteiger charge is -2.03. The van der Waals surface area contributed by atoms with Crippen LogP contribution >= 0.6 is 11.6 Å². The predicted molar refractivity (Wildman–Crippen MR) is 78.0 cm³/mol. The van der Waals surface area contributed by atoms with E-state index in [1.807, 2.05) is 60.0 Å². The molecule has 94 valence electrons. The fourth-order valence-corrected chi connectivity index (χ4v) is 2.62. The highest BCUT2D eigenvalue weighted by atomic mass is 35.5. The van der Waals surface area contributed by atoms with Gasteiger partial charge in [0.05, 0.1) is 5.69 Å². The maximum absolute atomic E-state index is 11.4. The van der Waals surface area contributed by atoms with Gasteiger partial charge in [0.25, 0.3) is 0 Å². The number of aromatic nitrogens is 1. The number of carbonyl (C=O) groups is 1. The molecule has 2 aromatic heterocycles. The van der Waals surface area contributed by atoms with E-state index in [0.717, 1.165) is 28.5 Å². The Morgan fingerprint density at radius 3 is 2.63 bits per heavy atom. The van der Waals surface area contributed by atoms with Crippen LogP contribution in [0.3, 0.4) is 0 Å². The number of carbonyl (C=O) groups excluding carboxylic acids is 1. The fraction of sp³-hybridized carbons (Fsp3) is 0.0625. The Labute approximate surface area is 116 Å². The first kappa shape index (κ1) is 12.0. The zero-order valence-electron chi connectivity index (χ0n) is 10.4. The summed E-state index contributed by atoms with van der Waals surface area (Å²) in [5.41, 5.74) is 4.54. The van der Waals surface area contributed by atoms with E-state index in [0.29, 0.717) is 10.7 Å². The van der Waals surface area contributed by atoms with Crippen LogP contribution in [0.1, 0.15) is 16.1 Å². The first-order valence-corrected chi connectivity index (χ1v) is 6.41. The van der Waals surface area contributed by atoms with Crippen LogP contribution in [-0.2, 0) is 0 Å².